The van der Waals surface area contributed by atoms with Gasteiger partial charge in [-0.2, -0.15) is 0 Å². The van der Waals surface area contributed by atoms with E-state index < -0.39 is 17.7 Å². The first-order chi connectivity index (χ1) is 7.91. The van der Waals surface area contributed by atoms with E-state index in [1.807, 2.05) is 0 Å². The molecule has 0 aliphatic carbocycles. The lowest BCUT2D eigenvalue weighted by molar-refractivity contribution is -0.131. The van der Waals surface area contributed by atoms with E-state index >= 15 is 0 Å². The van der Waals surface area contributed by atoms with Crippen LogP contribution in [0.15, 0.2) is 24.3 Å². The molecule has 0 aliphatic rings. The third-order valence-electron chi connectivity index (χ3n) is 2.05. The lowest BCUT2D eigenvalue weighted by Crippen LogP contribution is -2.22. The summed E-state index contributed by atoms with van der Waals surface area (Å²) in [5.74, 6) is -2.20. The van der Waals surface area contributed by atoms with Crippen LogP contribution >= 0.6 is 0 Å². The van der Waals surface area contributed by atoms with Gasteiger partial charge < -0.3 is 10.0 Å². The fourth-order valence-electron chi connectivity index (χ4n) is 1.22. The van der Waals surface area contributed by atoms with Gasteiger partial charge >= 0.3 is 5.97 Å². The van der Waals surface area contributed by atoms with Crippen molar-refractivity contribution >= 4 is 18.0 Å². The molecular weight excluding hydrogens is 225 g/mol. The minimum absolute atomic E-state index is 0.0810. The monoisotopic (exact) mass is 237 g/mol. The molecule has 0 unspecified atom stereocenters. The molecule has 0 radical (unpaired) electrons. The number of carboxylic acids is 1. The molecule has 0 aromatic heterocycles. The van der Waals surface area contributed by atoms with Crippen LogP contribution in [0.5, 0.6) is 0 Å². The van der Waals surface area contributed by atoms with Gasteiger partial charge in [-0.05, 0) is 23.8 Å². The van der Waals surface area contributed by atoms with Crippen LogP contribution in [0.25, 0.3) is 6.08 Å². The SMILES string of the molecule is CN(C)C(=O)c1cc(/C=C/C(=O)O)ccc1F. The Kier molecular flexibility index (Phi) is 3.98. The van der Waals surface area contributed by atoms with Crippen LogP contribution in [-0.2, 0) is 4.79 Å². The van der Waals surface area contributed by atoms with E-state index in [2.05, 4.69) is 0 Å². The largest absolute Gasteiger partial charge is 0.478 e. The van der Waals surface area contributed by atoms with Crippen molar-refractivity contribution in [2.24, 2.45) is 0 Å². The van der Waals surface area contributed by atoms with Gasteiger partial charge in [-0.15, -0.1) is 0 Å². The topological polar surface area (TPSA) is 57.6 Å². The van der Waals surface area contributed by atoms with Gasteiger partial charge in [0.15, 0.2) is 0 Å². The Morgan fingerprint density at radius 1 is 1.35 bits per heavy atom. The lowest BCUT2D eigenvalue weighted by Gasteiger charge is -2.11. The molecule has 0 fully saturated rings. The summed E-state index contributed by atoms with van der Waals surface area (Å²) in [6.45, 7) is 0. The fraction of sp³-hybridized carbons (Fsp3) is 0.167. The third kappa shape index (κ3) is 3.41. The Bertz CT molecular complexity index is 481. The zero-order valence-electron chi connectivity index (χ0n) is 9.48. The van der Waals surface area contributed by atoms with Gasteiger partial charge in [0.25, 0.3) is 5.91 Å². The number of carbonyl (C=O) groups excluding carboxylic acids is 1. The Morgan fingerprint density at radius 3 is 2.53 bits per heavy atom. The number of aliphatic carboxylic acids is 1. The number of nitrogens with zero attached hydrogens (tertiary/aromatic N) is 1. The second kappa shape index (κ2) is 5.25. The van der Waals surface area contributed by atoms with Crippen molar-refractivity contribution in [1.29, 1.82) is 0 Å². The molecule has 1 rings (SSSR count). The van der Waals surface area contributed by atoms with E-state index in [9.17, 15) is 14.0 Å². The van der Waals surface area contributed by atoms with Crippen molar-refractivity contribution in [2.75, 3.05) is 14.1 Å². The van der Waals surface area contributed by atoms with E-state index in [1.165, 1.54) is 37.2 Å². The molecule has 0 spiro atoms. The molecule has 4 nitrogen and oxygen atoms in total. The van der Waals surface area contributed by atoms with Crippen LogP contribution in [0.3, 0.4) is 0 Å². The van der Waals surface area contributed by atoms with E-state index in [4.69, 9.17) is 5.11 Å². The predicted molar refractivity (Wildman–Crippen MR) is 61.1 cm³/mol. The molecule has 0 saturated carbocycles. The first-order valence-corrected chi connectivity index (χ1v) is 4.84. The molecule has 1 N–H and O–H groups in total. The van der Waals surface area contributed by atoms with Crippen molar-refractivity contribution in [2.45, 2.75) is 0 Å². The van der Waals surface area contributed by atoms with Crippen LogP contribution < -0.4 is 0 Å². The second-order valence-corrected chi connectivity index (χ2v) is 3.61. The average Bonchev–Trinajstić information content (AvgIpc) is 2.26. The molecule has 1 aromatic rings. The van der Waals surface area contributed by atoms with Crippen molar-refractivity contribution in [3.05, 3.63) is 41.2 Å². The van der Waals surface area contributed by atoms with Gasteiger partial charge in [-0.25, -0.2) is 9.18 Å². The predicted octanol–water partition coefficient (Wildman–Crippen LogP) is 1.63. The lowest BCUT2D eigenvalue weighted by atomic mass is 10.1. The summed E-state index contributed by atoms with van der Waals surface area (Å²) in [5.41, 5.74) is 0.376. The summed E-state index contributed by atoms with van der Waals surface area (Å²) in [6.07, 6.45) is 2.23. The maximum atomic E-state index is 13.4. The van der Waals surface area contributed by atoms with Gasteiger partial charge in [0, 0.05) is 20.2 Å². The summed E-state index contributed by atoms with van der Waals surface area (Å²) in [7, 11) is 3.03. The van der Waals surface area contributed by atoms with Gasteiger partial charge in [-0.3, -0.25) is 4.79 Å². The second-order valence-electron chi connectivity index (χ2n) is 3.61. The molecule has 0 aliphatic heterocycles. The van der Waals surface area contributed by atoms with Crippen molar-refractivity contribution in [1.82, 2.24) is 4.90 Å². The van der Waals surface area contributed by atoms with Crippen LogP contribution in [0.4, 0.5) is 4.39 Å². The molecule has 17 heavy (non-hydrogen) atoms. The van der Waals surface area contributed by atoms with Crippen molar-refractivity contribution < 1.29 is 19.1 Å². The van der Waals surface area contributed by atoms with Crippen molar-refractivity contribution in [3.8, 4) is 0 Å². The fourth-order valence-corrected chi connectivity index (χ4v) is 1.22. The minimum Gasteiger partial charge on any atom is -0.478 e. The van der Waals surface area contributed by atoms with Gasteiger partial charge in [-0.1, -0.05) is 6.07 Å². The normalized spacial score (nSPS) is 10.5. The molecule has 1 aromatic carbocycles. The van der Waals surface area contributed by atoms with Crippen LogP contribution in [-0.4, -0.2) is 36.0 Å². The van der Waals surface area contributed by atoms with Gasteiger partial charge in [0.05, 0.1) is 5.56 Å². The number of benzene rings is 1. The molecule has 5 heteroatoms. The van der Waals surface area contributed by atoms with E-state index in [0.717, 1.165) is 12.1 Å². The Morgan fingerprint density at radius 2 is 2.00 bits per heavy atom. The van der Waals surface area contributed by atoms with Gasteiger partial charge in [0.1, 0.15) is 5.82 Å². The maximum Gasteiger partial charge on any atom is 0.328 e. The molecule has 90 valence electrons. The van der Waals surface area contributed by atoms with E-state index in [-0.39, 0.29) is 5.56 Å². The highest BCUT2D eigenvalue weighted by atomic mass is 19.1. The molecule has 0 heterocycles. The van der Waals surface area contributed by atoms with E-state index in [1.54, 1.807) is 0 Å². The quantitative estimate of drug-likeness (QED) is 0.813. The standard InChI is InChI=1S/C12H12FNO3/c1-14(2)12(17)9-7-8(3-5-10(9)13)4-6-11(15)16/h3-7H,1-2H3,(H,15,16)/b6-4+. The number of amides is 1. The molecule has 0 saturated heterocycles. The molecule has 1 amide bonds. The smallest absolute Gasteiger partial charge is 0.328 e. The van der Waals surface area contributed by atoms with Crippen LogP contribution in [0, 0.1) is 5.82 Å². The van der Waals surface area contributed by atoms with E-state index in [0.29, 0.717) is 5.56 Å². The summed E-state index contributed by atoms with van der Waals surface area (Å²) < 4.78 is 13.4. The Labute approximate surface area is 98.0 Å². The van der Waals surface area contributed by atoms with Crippen LogP contribution in [0.1, 0.15) is 15.9 Å². The summed E-state index contributed by atoms with van der Waals surface area (Å²) in [4.78, 5) is 23.2. The number of carbonyl (C=O) groups is 2. The Balaban J connectivity index is 3.11. The highest BCUT2D eigenvalue weighted by molar-refractivity contribution is 5.95. The first-order valence-electron chi connectivity index (χ1n) is 4.84. The number of halogens is 1. The molecular formula is C12H12FNO3. The average molecular weight is 237 g/mol. The summed E-state index contributed by atoms with van der Waals surface area (Å²) >= 11 is 0. The maximum absolute atomic E-state index is 13.4. The third-order valence-corrected chi connectivity index (χ3v) is 2.05. The number of hydrogen-bond acceptors (Lipinski definition) is 2. The summed E-state index contributed by atoms with van der Waals surface area (Å²) in [6, 6.07) is 3.86. The molecule has 0 atom stereocenters. The highest BCUT2D eigenvalue weighted by Gasteiger charge is 2.13. The summed E-state index contributed by atoms with van der Waals surface area (Å²) in [5, 5.41) is 8.46. The zero-order chi connectivity index (χ0) is 13.0. The molecule has 0 bridgehead atoms. The number of carboxylic acid groups (broad SMARTS) is 1. The Hall–Kier alpha value is -2.17. The zero-order valence-corrected chi connectivity index (χ0v) is 9.48. The van der Waals surface area contributed by atoms with Crippen LogP contribution in [0.2, 0.25) is 0 Å². The highest BCUT2D eigenvalue weighted by Crippen LogP contribution is 2.13. The van der Waals surface area contributed by atoms with Crippen molar-refractivity contribution in [3.63, 3.8) is 0 Å². The first kappa shape index (κ1) is 12.9. The van der Waals surface area contributed by atoms with Gasteiger partial charge in [0.2, 0.25) is 0 Å². The number of hydrogen-bond donors (Lipinski definition) is 1. The minimum atomic E-state index is -1.10. The number of rotatable bonds is 3.